The Balaban J connectivity index is 3.60. The summed E-state index contributed by atoms with van der Waals surface area (Å²) in [5.74, 6) is 0. The van der Waals surface area contributed by atoms with Crippen molar-refractivity contribution in [1.29, 1.82) is 0 Å². The van der Waals surface area contributed by atoms with Crippen molar-refractivity contribution in [2.45, 2.75) is 0 Å². The highest BCUT2D eigenvalue weighted by molar-refractivity contribution is 8.71. The quantitative estimate of drug-likeness (QED) is 0.532. The zero-order valence-electron chi connectivity index (χ0n) is 3.72. The van der Waals surface area contributed by atoms with E-state index in [0.29, 0.717) is 10.8 Å². The van der Waals surface area contributed by atoms with Crippen LogP contribution in [-0.4, -0.2) is 20.7 Å². The van der Waals surface area contributed by atoms with Gasteiger partial charge in [-0.2, -0.15) is 0 Å². The van der Waals surface area contributed by atoms with Gasteiger partial charge in [-0.3, -0.25) is 0 Å². The third-order valence-corrected chi connectivity index (χ3v) is 2.33. The molecule has 0 atom stereocenters. The highest BCUT2D eigenvalue weighted by atomic mass is 33.1. The summed E-state index contributed by atoms with van der Waals surface area (Å²) in [6.45, 7) is 0. The molecule has 0 aliphatic heterocycles. The fourth-order valence-electron chi connectivity index (χ4n) is 0.0809. The van der Waals surface area contributed by atoms with Gasteiger partial charge in [0.15, 0.2) is 0 Å². The van der Waals surface area contributed by atoms with Crippen molar-refractivity contribution in [3.8, 4) is 0 Å². The predicted octanol–water partition coefficient (Wildman–Crippen LogP) is 0.606. The summed E-state index contributed by atoms with van der Waals surface area (Å²) >= 11 is 0. The lowest BCUT2D eigenvalue weighted by atomic mass is 11.8. The van der Waals surface area contributed by atoms with Crippen molar-refractivity contribution in [2.75, 3.05) is 12.3 Å². The minimum atomic E-state index is -3.13. The summed E-state index contributed by atoms with van der Waals surface area (Å²) in [5, 5.41) is 0. The molecule has 2 nitrogen and oxygen atoms in total. The van der Waals surface area contributed by atoms with Gasteiger partial charge in [0.05, 0.1) is 0 Å². The largest absolute Gasteiger partial charge is 0.238 e. The van der Waals surface area contributed by atoms with Crippen molar-refractivity contribution >= 4 is 19.7 Å². The first-order chi connectivity index (χ1) is 3.06. The molecule has 0 spiro atoms. The van der Waals surface area contributed by atoms with E-state index in [1.165, 1.54) is 0 Å². The maximum Gasteiger partial charge on any atom is 0.201 e. The summed E-state index contributed by atoms with van der Waals surface area (Å²) in [6.07, 6.45) is 0.969. The lowest BCUT2D eigenvalue weighted by Gasteiger charge is -1.84. The molecule has 0 heterocycles. The Morgan fingerprint density at radius 2 is 2.14 bits per heavy atom. The monoisotopic (exact) mass is 144 g/mol. The Kier molecular flexibility index (Phi) is 2.60. The average Bonchev–Trinajstić information content (AvgIpc) is 1.30. The van der Waals surface area contributed by atoms with Crippen LogP contribution in [0.1, 0.15) is 0 Å². The van der Waals surface area contributed by atoms with Crippen LogP contribution in [0, 0.1) is 0 Å². The van der Waals surface area contributed by atoms with Crippen LogP contribution in [0.3, 0.4) is 0 Å². The van der Waals surface area contributed by atoms with Crippen molar-refractivity contribution in [3.63, 3.8) is 0 Å². The van der Waals surface area contributed by atoms with E-state index in [4.69, 9.17) is 0 Å². The highest BCUT2D eigenvalue weighted by Gasteiger charge is 1.98. The maximum absolute atomic E-state index is 11.1. The Labute approximate surface area is 45.4 Å². The van der Waals surface area contributed by atoms with E-state index in [2.05, 4.69) is 0 Å². The van der Waals surface area contributed by atoms with Crippen molar-refractivity contribution in [1.82, 2.24) is 0 Å². The molecule has 0 aromatic carbocycles. The molecular weight excluding hydrogens is 139 g/mol. The molecule has 0 aromatic rings. The minimum Gasteiger partial charge on any atom is -0.238 e. The molecule has 44 valence electrons. The Morgan fingerprint density at radius 3 is 2.14 bits per heavy atom. The van der Waals surface area contributed by atoms with Crippen LogP contribution in [0.4, 0.5) is 4.39 Å². The van der Waals surface area contributed by atoms with Gasteiger partial charge in [0, 0.05) is 17.0 Å². The van der Waals surface area contributed by atoms with E-state index in [1.54, 1.807) is 0 Å². The van der Waals surface area contributed by atoms with Gasteiger partial charge in [0.1, 0.15) is 6.01 Å². The molecule has 5 heteroatoms. The fraction of sp³-hybridized carbons (Fsp3) is 1.00. The van der Waals surface area contributed by atoms with Crippen LogP contribution >= 0.6 is 10.8 Å². The third-order valence-electron chi connectivity index (χ3n) is 0.259. The lowest BCUT2D eigenvalue weighted by molar-refractivity contribution is 0.601. The molecule has 0 aliphatic carbocycles. The molecule has 0 bridgehead atoms. The second kappa shape index (κ2) is 2.52. The van der Waals surface area contributed by atoms with Crippen LogP contribution in [-0.2, 0) is 8.87 Å². The summed E-state index contributed by atoms with van der Waals surface area (Å²) < 4.78 is 31.0. The van der Waals surface area contributed by atoms with Gasteiger partial charge in [-0.25, -0.2) is 12.8 Å². The lowest BCUT2D eigenvalue weighted by Crippen LogP contribution is -1.86. The van der Waals surface area contributed by atoms with Crippen molar-refractivity contribution in [3.05, 3.63) is 0 Å². The van der Waals surface area contributed by atoms with Crippen LogP contribution in [0.2, 0.25) is 0 Å². The molecule has 0 saturated carbocycles. The van der Waals surface area contributed by atoms with Gasteiger partial charge in [-0.15, -0.1) is 0 Å². The minimum absolute atomic E-state index is 0.294. The number of hydrogen-bond donors (Lipinski definition) is 0. The molecule has 0 fully saturated rings. The summed E-state index contributed by atoms with van der Waals surface area (Å²) in [4.78, 5) is 0. The third kappa shape index (κ3) is 6.23. The van der Waals surface area contributed by atoms with Gasteiger partial charge in [-0.05, 0) is 0 Å². The number of halogens is 1. The Morgan fingerprint density at radius 1 is 1.71 bits per heavy atom. The molecule has 7 heavy (non-hydrogen) atoms. The van der Waals surface area contributed by atoms with E-state index in [1.807, 2.05) is 0 Å². The molecule has 0 aromatic heterocycles. The van der Waals surface area contributed by atoms with Gasteiger partial charge < -0.3 is 0 Å². The van der Waals surface area contributed by atoms with Crippen LogP contribution in [0.15, 0.2) is 0 Å². The summed E-state index contributed by atoms with van der Waals surface area (Å²) in [7, 11) is -2.84. The van der Waals surface area contributed by atoms with Gasteiger partial charge in [0.25, 0.3) is 0 Å². The molecule has 0 amide bonds. The van der Waals surface area contributed by atoms with E-state index >= 15 is 0 Å². The topological polar surface area (TPSA) is 34.1 Å². The SMILES string of the molecule is CS(=O)(=O)SCF. The highest BCUT2D eigenvalue weighted by Crippen LogP contribution is 2.07. The number of rotatable bonds is 2. The molecule has 0 saturated heterocycles. The van der Waals surface area contributed by atoms with Crippen LogP contribution in [0.25, 0.3) is 0 Å². The zero-order chi connectivity index (χ0) is 5.91. The Bertz CT molecular complexity index is 127. The van der Waals surface area contributed by atoms with E-state index < -0.39 is 14.9 Å². The molecule has 0 unspecified atom stereocenters. The van der Waals surface area contributed by atoms with E-state index in [-0.39, 0.29) is 0 Å². The number of alkyl halides is 1. The first kappa shape index (κ1) is 7.23. The van der Waals surface area contributed by atoms with Crippen LogP contribution in [0.5, 0.6) is 0 Å². The van der Waals surface area contributed by atoms with E-state index in [0.717, 1.165) is 6.26 Å². The normalized spacial score (nSPS) is 11.7. The van der Waals surface area contributed by atoms with Crippen molar-refractivity contribution < 1.29 is 12.8 Å². The molecule has 0 radical (unpaired) electrons. The maximum atomic E-state index is 11.1. The van der Waals surface area contributed by atoms with Crippen LogP contribution < -0.4 is 0 Å². The molecule has 0 N–H and O–H groups in total. The average molecular weight is 144 g/mol. The number of hydrogen-bond acceptors (Lipinski definition) is 3. The molecular formula is C2H5FO2S2. The van der Waals surface area contributed by atoms with Gasteiger partial charge >= 0.3 is 0 Å². The standard InChI is InChI=1S/C2H5FO2S2/c1-7(4,5)6-2-3/h2H2,1H3. The summed E-state index contributed by atoms with van der Waals surface area (Å²) in [5.41, 5.74) is 0. The predicted molar refractivity (Wildman–Crippen MR) is 28.4 cm³/mol. The van der Waals surface area contributed by atoms with Gasteiger partial charge in [-0.1, -0.05) is 0 Å². The second-order valence-corrected chi connectivity index (χ2v) is 5.32. The first-order valence-electron chi connectivity index (χ1n) is 1.46. The second-order valence-electron chi connectivity index (χ2n) is 0.931. The van der Waals surface area contributed by atoms with Gasteiger partial charge in [0.2, 0.25) is 8.87 Å². The zero-order valence-corrected chi connectivity index (χ0v) is 5.35. The first-order valence-corrected chi connectivity index (χ1v) is 4.86. The van der Waals surface area contributed by atoms with Crippen molar-refractivity contribution in [2.24, 2.45) is 0 Å². The Hall–Kier alpha value is 0.230. The molecule has 0 rings (SSSR count). The van der Waals surface area contributed by atoms with E-state index in [9.17, 15) is 12.8 Å². The smallest absolute Gasteiger partial charge is 0.201 e. The summed E-state index contributed by atoms with van der Waals surface area (Å²) in [6, 6.07) is -0.862. The molecule has 0 aliphatic rings. The fourth-order valence-corrected chi connectivity index (χ4v) is 0.728.